The van der Waals surface area contributed by atoms with E-state index in [4.69, 9.17) is 5.73 Å². The molecule has 0 fully saturated rings. The molecule has 1 atom stereocenters. The fourth-order valence-electron chi connectivity index (χ4n) is 0.893. The molecular formula is C10H14N2. The predicted octanol–water partition coefficient (Wildman–Crippen LogP) is 1.83. The number of nitrogens with two attached hydrogens (primary N) is 1. The van der Waals surface area contributed by atoms with E-state index in [0.29, 0.717) is 0 Å². The van der Waals surface area contributed by atoms with Gasteiger partial charge in [0.25, 0.3) is 0 Å². The first-order valence-electron chi connectivity index (χ1n) is 4.11. The largest absolute Gasteiger partial charge is 0.328 e. The van der Waals surface area contributed by atoms with Crippen molar-refractivity contribution >= 4 is 6.08 Å². The molecule has 0 radical (unpaired) electrons. The first-order chi connectivity index (χ1) is 5.79. The van der Waals surface area contributed by atoms with E-state index in [-0.39, 0.29) is 6.04 Å². The van der Waals surface area contributed by atoms with E-state index in [0.717, 1.165) is 12.0 Å². The lowest BCUT2D eigenvalue weighted by Crippen LogP contribution is -2.12. The van der Waals surface area contributed by atoms with Gasteiger partial charge in [0.1, 0.15) is 0 Å². The van der Waals surface area contributed by atoms with Crippen molar-refractivity contribution in [3.05, 3.63) is 36.2 Å². The van der Waals surface area contributed by atoms with Gasteiger partial charge in [-0.15, -0.1) is 0 Å². The van der Waals surface area contributed by atoms with Crippen molar-refractivity contribution in [1.82, 2.24) is 4.98 Å². The average Bonchev–Trinajstić information content (AvgIpc) is 2.05. The van der Waals surface area contributed by atoms with Crippen LogP contribution in [0.2, 0.25) is 0 Å². The summed E-state index contributed by atoms with van der Waals surface area (Å²) >= 11 is 0. The Morgan fingerprint density at radius 3 is 3.08 bits per heavy atom. The van der Waals surface area contributed by atoms with E-state index >= 15 is 0 Å². The van der Waals surface area contributed by atoms with Crippen LogP contribution in [0.3, 0.4) is 0 Å². The van der Waals surface area contributed by atoms with Crippen LogP contribution in [0, 0.1) is 0 Å². The Labute approximate surface area is 73.1 Å². The van der Waals surface area contributed by atoms with Gasteiger partial charge in [-0.25, -0.2) is 0 Å². The lowest BCUT2D eigenvalue weighted by Gasteiger charge is -1.97. The second-order valence-electron chi connectivity index (χ2n) is 2.90. The first-order valence-corrected chi connectivity index (χ1v) is 4.11. The number of aromatic nitrogens is 1. The fraction of sp³-hybridized carbons (Fsp3) is 0.300. The summed E-state index contributed by atoms with van der Waals surface area (Å²) in [7, 11) is 0. The van der Waals surface area contributed by atoms with Gasteiger partial charge in [0.15, 0.2) is 0 Å². The maximum Gasteiger partial charge on any atom is 0.0340 e. The molecule has 64 valence electrons. The van der Waals surface area contributed by atoms with E-state index in [2.05, 4.69) is 11.1 Å². The van der Waals surface area contributed by atoms with Crippen LogP contribution >= 0.6 is 0 Å². The molecule has 0 aliphatic carbocycles. The second-order valence-corrected chi connectivity index (χ2v) is 2.90. The average molecular weight is 162 g/mol. The maximum atomic E-state index is 5.59. The molecule has 2 nitrogen and oxygen atoms in total. The van der Waals surface area contributed by atoms with Crippen LogP contribution in [0.4, 0.5) is 0 Å². The highest BCUT2D eigenvalue weighted by atomic mass is 14.6. The zero-order chi connectivity index (χ0) is 8.81. The lowest BCUT2D eigenvalue weighted by molar-refractivity contribution is 0.759. The molecule has 1 aromatic heterocycles. The highest BCUT2D eigenvalue weighted by Crippen LogP contribution is 2.00. The Morgan fingerprint density at radius 1 is 1.67 bits per heavy atom. The molecule has 0 aromatic carbocycles. The van der Waals surface area contributed by atoms with E-state index in [9.17, 15) is 0 Å². The molecule has 0 spiro atoms. The third-order valence-corrected chi connectivity index (χ3v) is 1.50. The van der Waals surface area contributed by atoms with Gasteiger partial charge >= 0.3 is 0 Å². The SMILES string of the molecule is CC(N)C/C=C\c1cccnc1. The molecule has 0 saturated carbocycles. The van der Waals surface area contributed by atoms with Gasteiger partial charge in [-0.2, -0.15) is 0 Å². The summed E-state index contributed by atoms with van der Waals surface area (Å²) in [6.45, 7) is 1.99. The highest BCUT2D eigenvalue weighted by molar-refractivity contribution is 5.47. The second kappa shape index (κ2) is 4.67. The van der Waals surface area contributed by atoms with Crippen LogP contribution in [-0.2, 0) is 0 Å². The third-order valence-electron chi connectivity index (χ3n) is 1.50. The van der Waals surface area contributed by atoms with Crippen molar-refractivity contribution < 1.29 is 0 Å². The summed E-state index contributed by atoms with van der Waals surface area (Å²) in [5, 5.41) is 0. The van der Waals surface area contributed by atoms with Crippen molar-refractivity contribution in [2.45, 2.75) is 19.4 Å². The van der Waals surface area contributed by atoms with Crippen LogP contribution in [0.5, 0.6) is 0 Å². The summed E-state index contributed by atoms with van der Waals surface area (Å²) in [4.78, 5) is 4.00. The van der Waals surface area contributed by atoms with Gasteiger partial charge in [-0.3, -0.25) is 4.98 Å². The molecule has 0 aliphatic heterocycles. The van der Waals surface area contributed by atoms with Crippen molar-refractivity contribution in [2.24, 2.45) is 5.73 Å². The summed E-state index contributed by atoms with van der Waals surface area (Å²) in [5.41, 5.74) is 6.71. The maximum absolute atomic E-state index is 5.59. The lowest BCUT2D eigenvalue weighted by atomic mass is 10.2. The van der Waals surface area contributed by atoms with Gasteiger partial charge < -0.3 is 5.73 Å². The predicted molar refractivity (Wildman–Crippen MR) is 51.5 cm³/mol. The molecule has 1 aromatic rings. The smallest absolute Gasteiger partial charge is 0.0340 e. The standard InChI is InChI=1S/C10H14N2/c1-9(11)4-2-5-10-6-3-7-12-8-10/h2-3,5-9H,4,11H2,1H3/b5-2-. The molecule has 1 heterocycles. The number of nitrogens with zero attached hydrogens (tertiary/aromatic N) is 1. The van der Waals surface area contributed by atoms with Gasteiger partial charge in [0.05, 0.1) is 0 Å². The quantitative estimate of drug-likeness (QED) is 0.736. The van der Waals surface area contributed by atoms with Crippen LogP contribution < -0.4 is 5.73 Å². The molecule has 12 heavy (non-hydrogen) atoms. The van der Waals surface area contributed by atoms with Crippen molar-refractivity contribution in [1.29, 1.82) is 0 Å². The van der Waals surface area contributed by atoms with Crippen molar-refractivity contribution in [3.8, 4) is 0 Å². The van der Waals surface area contributed by atoms with E-state index in [1.54, 1.807) is 6.20 Å². The van der Waals surface area contributed by atoms with E-state index in [1.807, 2.05) is 31.3 Å². The monoisotopic (exact) mass is 162 g/mol. The Hall–Kier alpha value is -1.15. The van der Waals surface area contributed by atoms with E-state index in [1.165, 1.54) is 0 Å². The molecule has 0 amide bonds. The molecule has 1 unspecified atom stereocenters. The van der Waals surface area contributed by atoms with Gasteiger partial charge in [0.2, 0.25) is 0 Å². The fourth-order valence-corrected chi connectivity index (χ4v) is 0.893. The summed E-state index contributed by atoms with van der Waals surface area (Å²) < 4.78 is 0. The summed E-state index contributed by atoms with van der Waals surface area (Å²) in [6, 6.07) is 4.17. The molecule has 0 saturated heterocycles. The van der Waals surface area contributed by atoms with Crippen LogP contribution in [0.25, 0.3) is 6.08 Å². The molecule has 1 rings (SSSR count). The van der Waals surface area contributed by atoms with Gasteiger partial charge in [-0.1, -0.05) is 18.2 Å². The van der Waals surface area contributed by atoms with Crippen molar-refractivity contribution in [2.75, 3.05) is 0 Å². The topological polar surface area (TPSA) is 38.9 Å². The number of hydrogen-bond donors (Lipinski definition) is 1. The van der Waals surface area contributed by atoms with Gasteiger partial charge in [0, 0.05) is 18.4 Å². The molecule has 2 heteroatoms. The zero-order valence-corrected chi connectivity index (χ0v) is 7.27. The number of rotatable bonds is 3. The van der Waals surface area contributed by atoms with Crippen LogP contribution in [0.1, 0.15) is 18.9 Å². The third kappa shape index (κ3) is 3.30. The van der Waals surface area contributed by atoms with E-state index < -0.39 is 0 Å². The molecule has 0 aliphatic rings. The molecular weight excluding hydrogens is 148 g/mol. The minimum Gasteiger partial charge on any atom is -0.328 e. The normalized spacial score (nSPS) is 13.5. The summed E-state index contributed by atoms with van der Waals surface area (Å²) in [5.74, 6) is 0. The Morgan fingerprint density at radius 2 is 2.50 bits per heavy atom. The first kappa shape index (κ1) is 8.94. The molecule has 2 N–H and O–H groups in total. The Balaban J connectivity index is 2.47. The zero-order valence-electron chi connectivity index (χ0n) is 7.27. The highest BCUT2D eigenvalue weighted by Gasteiger charge is 1.87. The minimum atomic E-state index is 0.234. The minimum absolute atomic E-state index is 0.234. The Bertz CT molecular complexity index is 239. The summed E-state index contributed by atoms with van der Waals surface area (Å²) in [6.07, 6.45) is 8.62. The Kier molecular flexibility index (Phi) is 3.48. The van der Waals surface area contributed by atoms with Crippen molar-refractivity contribution in [3.63, 3.8) is 0 Å². The van der Waals surface area contributed by atoms with Crippen LogP contribution in [0.15, 0.2) is 30.6 Å². The number of hydrogen-bond acceptors (Lipinski definition) is 2. The molecule has 0 bridgehead atoms. The number of pyridine rings is 1. The van der Waals surface area contributed by atoms with Crippen LogP contribution in [-0.4, -0.2) is 11.0 Å². The van der Waals surface area contributed by atoms with Gasteiger partial charge in [-0.05, 0) is 25.0 Å².